The molecule has 0 spiro atoms. The monoisotopic (exact) mass is 157 g/mol. The Morgan fingerprint density at radius 3 is 3.25 bits per heavy atom. The Bertz CT molecular complexity index is 324. The van der Waals surface area contributed by atoms with Gasteiger partial charge in [-0.15, -0.1) is 0 Å². The third kappa shape index (κ3) is 1.62. The number of hydrogen-bond donors (Lipinski definition) is 0. The van der Waals surface area contributed by atoms with E-state index in [4.69, 9.17) is 0 Å². The smallest absolute Gasteiger partial charge is 0.0632 e. The standard InChI is InChI=1S/C11H11N/c1-2-5-10-6-4-7-11(9-10)12-8-3-1/h1,3-4,6-9H,2,5H2/b3-1-,12-8?. The lowest BCUT2D eigenvalue weighted by atomic mass is 10.1. The van der Waals surface area contributed by atoms with E-state index in [1.54, 1.807) is 0 Å². The molecule has 1 heteroatoms. The van der Waals surface area contributed by atoms with E-state index in [0.717, 1.165) is 18.5 Å². The van der Waals surface area contributed by atoms with Crippen LogP contribution in [0.25, 0.3) is 0 Å². The molecule has 1 aromatic rings. The minimum absolute atomic E-state index is 1.05. The van der Waals surface area contributed by atoms with Gasteiger partial charge in [0.2, 0.25) is 0 Å². The van der Waals surface area contributed by atoms with Gasteiger partial charge < -0.3 is 0 Å². The Labute approximate surface area is 72.5 Å². The maximum absolute atomic E-state index is 4.28. The second-order valence-electron chi connectivity index (χ2n) is 2.91. The van der Waals surface area contributed by atoms with Crippen molar-refractivity contribution in [3.05, 3.63) is 42.0 Å². The van der Waals surface area contributed by atoms with Crippen LogP contribution in [0.4, 0.5) is 5.69 Å². The minimum atomic E-state index is 1.05. The van der Waals surface area contributed by atoms with Crippen LogP contribution in [0.5, 0.6) is 0 Å². The average molecular weight is 157 g/mol. The molecule has 0 aliphatic carbocycles. The van der Waals surface area contributed by atoms with Gasteiger partial charge in [-0.2, -0.15) is 0 Å². The number of rotatable bonds is 0. The summed E-state index contributed by atoms with van der Waals surface area (Å²) >= 11 is 0. The first-order valence-corrected chi connectivity index (χ1v) is 4.23. The largest absolute Gasteiger partial charge is 0.257 e. The van der Waals surface area contributed by atoms with Gasteiger partial charge >= 0.3 is 0 Å². The zero-order chi connectivity index (χ0) is 8.23. The van der Waals surface area contributed by atoms with E-state index in [1.165, 1.54) is 5.56 Å². The quantitative estimate of drug-likeness (QED) is 0.549. The van der Waals surface area contributed by atoms with Gasteiger partial charge in [0.25, 0.3) is 0 Å². The molecule has 0 amide bonds. The number of fused-ring (bicyclic) bond motifs is 2. The summed E-state index contributed by atoms with van der Waals surface area (Å²) in [4.78, 5) is 4.28. The highest BCUT2D eigenvalue weighted by atomic mass is 14.7. The van der Waals surface area contributed by atoms with E-state index >= 15 is 0 Å². The lowest BCUT2D eigenvalue weighted by Gasteiger charge is -1.97. The summed E-state index contributed by atoms with van der Waals surface area (Å²) in [6.07, 6.45) is 8.24. The molecule has 1 aromatic carbocycles. The topological polar surface area (TPSA) is 12.4 Å². The Balaban J connectivity index is 2.40. The molecule has 0 saturated carbocycles. The van der Waals surface area contributed by atoms with Gasteiger partial charge in [-0.25, -0.2) is 0 Å². The van der Waals surface area contributed by atoms with Crippen molar-refractivity contribution in [2.24, 2.45) is 4.99 Å². The summed E-state index contributed by atoms with van der Waals surface area (Å²) in [5.74, 6) is 0. The van der Waals surface area contributed by atoms with E-state index in [9.17, 15) is 0 Å². The van der Waals surface area contributed by atoms with Crippen LogP contribution in [0.15, 0.2) is 41.4 Å². The van der Waals surface area contributed by atoms with E-state index in [-0.39, 0.29) is 0 Å². The van der Waals surface area contributed by atoms with Gasteiger partial charge in [-0.3, -0.25) is 4.99 Å². The zero-order valence-corrected chi connectivity index (χ0v) is 6.90. The van der Waals surface area contributed by atoms with E-state index < -0.39 is 0 Å². The normalized spacial score (nSPS) is 17.7. The first-order chi connectivity index (χ1) is 5.95. The lowest BCUT2D eigenvalue weighted by Crippen LogP contribution is -1.80. The van der Waals surface area contributed by atoms with Crippen LogP contribution < -0.4 is 0 Å². The fourth-order valence-electron chi connectivity index (χ4n) is 1.33. The zero-order valence-electron chi connectivity index (χ0n) is 6.90. The minimum Gasteiger partial charge on any atom is -0.257 e. The van der Waals surface area contributed by atoms with Crippen LogP contribution in [0.3, 0.4) is 0 Å². The summed E-state index contributed by atoms with van der Waals surface area (Å²) in [7, 11) is 0. The molecule has 12 heavy (non-hydrogen) atoms. The SMILES string of the molecule is C1=Nc2cccc(c2)CC/C=C\1. The molecule has 0 radical (unpaired) electrons. The van der Waals surface area contributed by atoms with Crippen LogP contribution in [-0.2, 0) is 6.42 Å². The fraction of sp³-hybridized carbons (Fsp3) is 0.182. The van der Waals surface area contributed by atoms with Gasteiger partial charge in [0.15, 0.2) is 0 Å². The summed E-state index contributed by atoms with van der Waals surface area (Å²) in [5.41, 5.74) is 2.43. The number of aryl methyl sites for hydroxylation is 1. The van der Waals surface area contributed by atoms with Crippen molar-refractivity contribution >= 4 is 11.9 Å². The third-order valence-electron chi connectivity index (χ3n) is 1.96. The van der Waals surface area contributed by atoms with Crippen LogP contribution in [0.1, 0.15) is 12.0 Å². The van der Waals surface area contributed by atoms with E-state index in [0.29, 0.717) is 0 Å². The number of benzene rings is 1. The van der Waals surface area contributed by atoms with Crippen molar-refractivity contribution in [1.82, 2.24) is 0 Å². The fourth-order valence-corrected chi connectivity index (χ4v) is 1.33. The molecular weight excluding hydrogens is 146 g/mol. The van der Waals surface area contributed by atoms with Crippen LogP contribution >= 0.6 is 0 Å². The molecule has 0 saturated heterocycles. The summed E-state index contributed by atoms with van der Waals surface area (Å²) in [6.45, 7) is 0. The summed E-state index contributed by atoms with van der Waals surface area (Å²) in [6, 6.07) is 8.38. The highest BCUT2D eigenvalue weighted by molar-refractivity contribution is 5.74. The van der Waals surface area contributed by atoms with Crippen molar-refractivity contribution in [2.75, 3.05) is 0 Å². The van der Waals surface area contributed by atoms with Gasteiger partial charge in [-0.1, -0.05) is 18.2 Å². The van der Waals surface area contributed by atoms with Crippen molar-refractivity contribution in [3.8, 4) is 0 Å². The first-order valence-electron chi connectivity index (χ1n) is 4.23. The molecule has 1 aliphatic rings. The summed E-state index contributed by atoms with van der Waals surface area (Å²) < 4.78 is 0. The molecule has 0 fully saturated rings. The van der Waals surface area contributed by atoms with Crippen molar-refractivity contribution < 1.29 is 0 Å². The average Bonchev–Trinajstić information content (AvgIpc) is 2.17. The highest BCUT2D eigenvalue weighted by Crippen LogP contribution is 2.15. The van der Waals surface area contributed by atoms with Gasteiger partial charge in [0, 0.05) is 6.21 Å². The summed E-state index contributed by atoms with van der Waals surface area (Å²) in [5, 5.41) is 0. The highest BCUT2D eigenvalue weighted by Gasteiger charge is 1.94. The molecule has 0 atom stereocenters. The molecule has 0 unspecified atom stereocenters. The molecule has 1 nitrogen and oxygen atoms in total. The second kappa shape index (κ2) is 3.35. The van der Waals surface area contributed by atoms with Crippen LogP contribution in [-0.4, -0.2) is 6.21 Å². The molecular formula is C11H11N. The molecule has 0 aromatic heterocycles. The molecule has 2 bridgehead atoms. The van der Waals surface area contributed by atoms with Crippen molar-refractivity contribution in [2.45, 2.75) is 12.8 Å². The van der Waals surface area contributed by atoms with Crippen LogP contribution in [0, 0.1) is 0 Å². The van der Waals surface area contributed by atoms with Crippen LogP contribution in [0.2, 0.25) is 0 Å². The van der Waals surface area contributed by atoms with E-state index in [1.807, 2.05) is 18.4 Å². The maximum atomic E-state index is 4.28. The molecule has 60 valence electrons. The maximum Gasteiger partial charge on any atom is 0.0632 e. The number of nitrogens with zero attached hydrogens (tertiary/aromatic N) is 1. The first kappa shape index (κ1) is 7.29. The van der Waals surface area contributed by atoms with Crippen molar-refractivity contribution in [3.63, 3.8) is 0 Å². The number of aliphatic imine (C=N–C) groups is 1. The van der Waals surface area contributed by atoms with Gasteiger partial charge in [0.05, 0.1) is 5.69 Å². The molecule has 1 heterocycles. The lowest BCUT2D eigenvalue weighted by molar-refractivity contribution is 1.00. The Kier molecular flexibility index (Phi) is 2.04. The third-order valence-corrected chi connectivity index (χ3v) is 1.96. The van der Waals surface area contributed by atoms with Crippen molar-refractivity contribution in [1.29, 1.82) is 0 Å². The molecule has 1 aliphatic heterocycles. The number of allylic oxidation sites excluding steroid dienone is 2. The Morgan fingerprint density at radius 2 is 2.25 bits per heavy atom. The van der Waals surface area contributed by atoms with Gasteiger partial charge in [-0.05, 0) is 36.6 Å². The van der Waals surface area contributed by atoms with E-state index in [2.05, 4.69) is 29.3 Å². The molecule has 0 N–H and O–H groups in total. The Morgan fingerprint density at radius 1 is 1.25 bits per heavy atom. The van der Waals surface area contributed by atoms with Gasteiger partial charge in [0.1, 0.15) is 0 Å². The second-order valence-corrected chi connectivity index (χ2v) is 2.91. The number of hydrogen-bond acceptors (Lipinski definition) is 1. The Hall–Kier alpha value is -1.37. The predicted molar refractivity (Wildman–Crippen MR) is 52.1 cm³/mol. The predicted octanol–water partition coefficient (Wildman–Crippen LogP) is 2.89. The molecule has 2 rings (SSSR count).